The minimum atomic E-state index is -1.83. The Morgan fingerprint density at radius 2 is 1.69 bits per heavy atom. The monoisotopic (exact) mass is 235 g/mol. The molecular weight excluding hydrogens is 218 g/mol. The topological polar surface area (TPSA) is 118 Å². The lowest BCUT2D eigenvalue weighted by Gasteiger charge is -2.27. The third kappa shape index (κ3) is 3.53. The minimum Gasteiger partial charge on any atom is -0.394 e. The molecule has 0 heterocycles. The molecule has 0 aliphatic heterocycles. The van der Waals surface area contributed by atoms with Crippen LogP contribution in [0.3, 0.4) is 0 Å². The standard InChI is InChI=1S/C9H17NO6/c1-5(13)10(2)6(3-11)8(15)9(16)7(14)4-12/h6-7,9,11-12,14,16H,3-4H2,1-2H3/t6-,7+,9-/m1/s1. The fraction of sp³-hybridized carbons (Fsp3) is 0.778. The summed E-state index contributed by atoms with van der Waals surface area (Å²) in [6.45, 7) is -0.246. The highest BCUT2D eigenvalue weighted by atomic mass is 16.4. The third-order valence-electron chi connectivity index (χ3n) is 2.31. The van der Waals surface area contributed by atoms with Gasteiger partial charge in [-0.3, -0.25) is 9.59 Å². The molecule has 16 heavy (non-hydrogen) atoms. The minimum absolute atomic E-state index is 0.460. The van der Waals surface area contributed by atoms with E-state index in [4.69, 9.17) is 15.3 Å². The van der Waals surface area contributed by atoms with Crippen LogP contribution in [0.5, 0.6) is 0 Å². The van der Waals surface area contributed by atoms with E-state index in [0.717, 1.165) is 4.90 Å². The second-order valence-corrected chi connectivity index (χ2v) is 3.43. The molecule has 0 aliphatic rings. The largest absolute Gasteiger partial charge is 0.394 e. The predicted octanol–water partition coefficient (Wildman–Crippen LogP) is -2.89. The van der Waals surface area contributed by atoms with E-state index in [1.165, 1.54) is 14.0 Å². The fourth-order valence-corrected chi connectivity index (χ4v) is 1.11. The van der Waals surface area contributed by atoms with Crippen molar-refractivity contribution < 1.29 is 30.0 Å². The van der Waals surface area contributed by atoms with Gasteiger partial charge in [-0.1, -0.05) is 0 Å². The molecule has 1 amide bonds. The molecule has 0 saturated carbocycles. The first-order valence-electron chi connectivity index (χ1n) is 4.71. The zero-order chi connectivity index (χ0) is 12.9. The molecule has 0 radical (unpaired) electrons. The van der Waals surface area contributed by atoms with Gasteiger partial charge in [-0.05, 0) is 0 Å². The number of nitrogens with zero attached hydrogens (tertiary/aromatic N) is 1. The van der Waals surface area contributed by atoms with Gasteiger partial charge >= 0.3 is 0 Å². The van der Waals surface area contributed by atoms with Crippen LogP contribution in [0, 0.1) is 0 Å². The molecular formula is C9H17NO6. The van der Waals surface area contributed by atoms with E-state index in [9.17, 15) is 14.7 Å². The summed E-state index contributed by atoms with van der Waals surface area (Å²) in [6, 6.07) is -1.23. The number of aliphatic hydroxyl groups excluding tert-OH is 4. The van der Waals surface area contributed by atoms with Gasteiger partial charge in [-0.2, -0.15) is 0 Å². The molecule has 7 heteroatoms. The van der Waals surface area contributed by atoms with E-state index >= 15 is 0 Å². The number of likely N-dealkylation sites (N-methyl/N-ethyl adjacent to an activating group) is 1. The molecule has 7 nitrogen and oxygen atoms in total. The molecule has 3 atom stereocenters. The van der Waals surface area contributed by atoms with Crippen molar-refractivity contribution in [1.82, 2.24) is 4.90 Å². The molecule has 0 bridgehead atoms. The number of rotatable bonds is 6. The van der Waals surface area contributed by atoms with Gasteiger partial charge in [0.25, 0.3) is 0 Å². The molecule has 0 aromatic carbocycles. The molecule has 94 valence electrons. The Bertz CT molecular complexity index is 256. The van der Waals surface area contributed by atoms with Crippen molar-refractivity contribution in [2.24, 2.45) is 0 Å². The van der Waals surface area contributed by atoms with Gasteiger partial charge in [0.15, 0.2) is 5.78 Å². The molecule has 0 saturated heterocycles. The average Bonchev–Trinajstić information content (AvgIpc) is 2.27. The Morgan fingerprint density at radius 1 is 1.19 bits per heavy atom. The SMILES string of the molecule is CC(=O)N(C)[C@H](CO)C(=O)[C@H](O)[C@@H](O)CO. The first-order chi connectivity index (χ1) is 7.36. The van der Waals surface area contributed by atoms with Gasteiger partial charge in [-0.25, -0.2) is 0 Å². The van der Waals surface area contributed by atoms with Crippen LogP contribution >= 0.6 is 0 Å². The Kier molecular flexibility index (Phi) is 6.12. The van der Waals surface area contributed by atoms with Gasteiger partial charge < -0.3 is 25.3 Å². The van der Waals surface area contributed by atoms with Crippen LogP contribution in [0.2, 0.25) is 0 Å². The Labute approximate surface area is 92.9 Å². The quantitative estimate of drug-likeness (QED) is 0.392. The lowest BCUT2D eigenvalue weighted by molar-refractivity contribution is -0.146. The zero-order valence-electron chi connectivity index (χ0n) is 9.20. The second kappa shape index (κ2) is 6.54. The summed E-state index contributed by atoms with van der Waals surface area (Å²) in [5.74, 6) is -1.38. The van der Waals surface area contributed by atoms with Crippen LogP contribution in [0.15, 0.2) is 0 Å². The number of carbonyl (C=O) groups is 2. The first kappa shape index (κ1) is 15.0. The Balaban J connectivity index is 4.71. The van der Waals surface area contributed by atoms with Crippen LogP contribution in [-0.4, -0.2) is 75.5 Å². The molecule has 0 spiro atoms. The van der Waals surface area contributed by atoms with Crippen molar-refractivity contribution in [2.45, 2.75) is 25.2 Å². The van der Waals surface area contributed by atoms with Gasteiger partial charge in [0, 0.05) is 14.0 Å². The Morgan fingerprint density at radius 3 is 2.00 bits per heavy atom. The molecule has 4 N–H and O–H groups in total. The van der Waals surface area contributed by atoms with Crippen molar-refractivity contribution in [1.29, 1.82) is 0 Å². The van der Waals surface area contributed by atoms with Gasteiger partial charge in [-0.15, -0.1) is 0 Å². The van der Waals surface area contributed by atoms with Crippen molar-refractivity contribution in [2.75, 3.05) is 20.3 Å². The second-order valence-electron chi connectivity index (χ2n) is 3.43. The Hall–Kier alpha value is -1.02. The van der Waals surface area contributed by atoms with E-state index in [1.54, 1.807) is 0 Å². The third-order valence-corrected chi connectivity index (χ3v) is 2.31. The number of ketones is 1. The van der Waals surface area contributed by atoms with Gasteiger partial charge in [0.05, 0.1) is 13.2 Å². The maximum atomic E-state index is 11.5. The summed E-state index contributed by atoms with van der Waals surface area (Å²) in [4.78, 5) is 23.5. The predicted molar refractivity (Wildman–Crippen MR) is 53.4 cm³/mol. The van der Waals surface area contributed by atoms with Crippen LogP contribution < -0.4 is 0 Å². The summed E-state index contributed by atoms with van der Waals surface area (Å²) < 4.78 is 0. The summed E-state index contributed by atoms with van der Waals surface area (Å²) in [5, 5.41) is 35.9. The van der Waals surface area contributed by atoms with Crippen molar-refractivity contribution in [3.8, 4) is 0 Å². The summed E-state index contributed by atoms with van der Waals surface area (Å²) in [6.07, 6.45) is -3.45. The number of carbonyl (C=O) groups excluding carboxylic acids is 2. The smallest absolute Gasteiger partial charge is 0.219 e. The molecule has 0 unspecified atom stereocenters. The van der Waals surface area contributed by atoms with E-state index in [2.05, 4.69) is 0 Å². The van der Waals surface area contributed by atoms with E-state index < -0.39 is 43.2 Å². The normalized spacial score (nSPS) is 16.4. The van der Waals surface area contributed by atoms with E-state index in [-0.39, 0.29) is 0 Å². The summed E-state index contributed by atoms with van der Waals surface area (Å²) in [5.41, 5.74) is 0. The number of Topliss-reactive ketones (excluding diaryl/α,β-unsaturated/α-hetero) is 1. The van der Waals surface area contributed by atoms with Gasteiger partial charge in [0.2, 0.25) is 5.91 Å². The highest BCUT2D eigenvalue weighted by Crippen LogP contribution is 2.05. The van der Waals surface area contributed by atoms with Crippen molar-refractivity contribution in [3.63, 3.8) is 0 Å². The maximum absolute atomic E-state index is 11.5. The van der Waals surface area contributed by atoms with Crippen molar-refractivity contribution >= 4 is 11.7 Å². The highest BCUT2D eigenvalue weighted by Gasteiger charge is 2.33. The lowest BCUT2D eigenvalue weighted by atomic mass is 10.0. The fourth-order valence-electron chi connectivity index (χ4n) is 1.11. The molecule has 0 fully saturated rings. The molecule has 0 aromatic heterocycles. The van der Waals surface area contributed by atoms with Crippen LogP contribution in [-0.2, 0) is 9.59 Å². The molecule has 0 aromatic rings. The highest BCUT2D eigenvalue weighted by molar-refractivity contribution is 5.91. The first-order valence-corrected chi connectivity index (χ1v) is 4.71. The number of aliphatic hydroxyl groups is 4. The number of hydrogen-bond donors (Lipinski definition) is 4. The number of amides is 1. The maximum Gasteiger partial charge on any atom is 0.219 e. The lowest BCUT2D eigenvalue weighted by Crippen LogP contribution is -2.51. The summed E-state index contributed by atoms with van der Waals surface area (Å²) in [7, 11) is 1.29. The van der Waals surface area contributed by atoms with Crippen LogP contribution in [0.4, 0.5) is 0 Å². The van der Waals surface area contributed by atoms with Gasteiger partial charge in [0.1, 0.15) is 18.2 Å². The van der Waals surface area contributed by atoms with Crippen LogP contribution in [0.25, 0.3) is 0 Å². The van der Waals surface area contributed by atoms with E-state index in [0.29, 0.717) is 0 Å². The summed E-state index contributed by atoms with van der Waals surface area (Å²) >= 11 is 0. The van der Waals surface area contributed by atoms with E-state index in [1.807, 2.05) is 0 Å². The average molecular weight is 235 g/mol. The van der Waals surface area contributed by atoms with Crippen molar-refractivity contribution in [3.05, 3.63) is 0 Å². The molecule has 0 aliphatic carbocycles. The zero-order valence-corrected chi connectivity index (χ0v) is 9.20. The molecule has 0 rings (SSSR count). The number of hydrogen-bond acceptors (Lipinski definition) is 6. The van der Waals surface area contributed by atoms with Crippen LogP contribution in [0.1, 0.15) is 6.92 Å².